The highest BCUT2D eigenvalue weighted by Crippen LogP contribution is 2.29. The Labute approximate surface area is 102 Å². The monoisotopic (exact) mass is 233 g/mol. The van der Waals surface area contributed by atoms with Crippen LogP contribution in [0.5, 0.6) is 5.75 Å². The maximum atomic E-state index is 5.79. The standard InChI is InChI=1S/C14H19NO2/c1-5-6-9(2)14-15-11-7-10(3)12(16-4)8-13(11)17-14/h7-9H,5-6H2,1-4H3/t9-/m0/s1. The molecule has 1 aromatic heterocycles. The maximum Gasteiger partial charge on any atom is 0.198 e. The fourth-order valence-electron chi connectivity index (χ4n) is 2.06. The van der Waals surface area contributed by atoms with Crippen LogP contribution in [0.2, 0.25) is 0 Å². The highest BCUT2D eigenvalue weighted by atomic mass is 16.5. The molecule has 0 spiro atoms. The van der Waals surface area contributed by atoms with Crippen molar-refractivity contribution in [3.63, 3.8) is 0 Å². The smallest absolute Gasteiger partial charge is 0.198 e. The minimum Gasteiger partial charge on any atom is -0.496 e. The van der Waals surface area contributed by atoms with Crippen molar-refractivity contribution in [1.29, 1.82) is 0 Å². The lowest BCUT2D eigenvalue weighted by Crippen LogP contribution is -1.92. The molecule has 0 bridgehead atoms. The molecule has 0 saturated heterocycles. The van der Waals surface area contributed by atoms with E-state index < -0.39 is 0 Å². The number of oxazole rings is 1. The average Bonchev–Trinajstić information content (AvgIpc) is 2.71. The normalized spacial score (nSPS) is 12.9. The molecule has 92 valence electrons. The summed E-state index contributed by atoms with van der Waals surface area (Å²) in [7, 11) is 1.67. The summed E-state index contributed by atoms with van der Waals surface area (Å²) in [5, 5.41) is 0. The van der Waals surface area contributed by atoms with Crippen LogP contribution in [0, 0.1) is 6.92 Å². The second kappa shape index (κ2) is 4.78. The van der Waals surface area contributed by atoms with Gasteiger partial charge in [-0.15, -0.1) is 0 Å². The molecule has 2 rings (SSSR count). The highest BCUT2D eigenvalue weighted by Gasteiger charge is 2.14. The number of fused-ring (bicyclic) bond motifs is 1. The summed E-state index contributed by atoms with van der Waals surface area (Å²) < 4.78 is 11.1. The van der Waals surface area contributed by atoms with E-state index in [1.807, 2.05) is 19.1 Å². The number of hydrogen-bond acceptors (Lipinski definition) is 3. The van der Waals surface area contributed by atoms with E-state index in [0.29, 0.717) is 5.92 Å². The molecule has 2 aromatic rings. The van der Waals surface area contributed by atoms with E-state index in [2.05, 4.69) is 18.8 Å². The SMILES string of the molecule is CCC[C@H](C)c1nc2cc(C)c(OC)cc2o1. The van der Waals surface area contributed by atoms with Crippen LogP contribution in [0.25, 0.3) is 11.1 Å². The van der Waals surface area contributed by atoms with Crippen molar-refractivity contribution in [3.05, 3.63) is 23.6 Å². The van der Waals surface area contributed by atoms with E-state index in [1.54, 1.807) is 7.11 Å². The minimum absolute atomic E-state index is 0.374. The third-order valence-corrected chi connectivity index (χ3v) is 3.06. The Balaban J connectivity index is 2.43. The molecule has 3 heteroatoms. The summed E-state index contributed by atoms with van der Waals surface area (Å²) in [6.45, 7) is 6.34. The topological polar surface area (TPSA) is 35.3 Å². The Hall–Kier alpha value is -1.51. The lowest BCUT2D eigenvalue weighted by Gasteiger charge is -2.03. The van der Waals surface area contributed by atoms with E-state index in [-0.39, 0.29) is 0 Å². The Morgan fingerprint density at radius 2 is 2.18 bits per heavy atom. The number of nitrogens with zero attached hydrogens (tertiary/aromatic N) is 1. The van der Waals surface area contributed by atoms with Gasteiger partial charge in [-0.1, -0.05) is 20.3 Å². The molecule has 0 amide bonds. The van der Waals surface area contributed by atoms with E-state index in [4.69, 9.17) is 9.15 Å². The van der Waals surface area contributed by atoms with Gasteiger partial charge >= 0.3 is 0 Å². The van der Waals surface area contributed by atoms with Crippen molar-refractivity contribution >= 4 is 11.1 Å². The van der Waals surface area contributed by atoms with Crippen molar-refractivity contribution < 1.29 is 9.15 Å². The van der Waals surface area contributed by atoms with Gasteiger partial charge in [0.15, 0.2) is 11.5 Å². The van der Waals surface area contributed by atoms with Gasteiger partial charge in [-0.2, -0.15) is 0 Å². The first kappa shape index (κ1) is 12.0. The fourth-order valence-corrected chi connectivity index (χ4v) is 2.06. The molecule has 0 aliphatic rings. The van der Waals surface area contributed by atoms with E-state index >= 15 is 0 Å². The van der Waals surface area contributed by atoms with Crippen LogP contribution in [0.4, 0.5) is 0 Å². The van der Waals surface area contributed by atoms with Gasteiger partial charge in [0.05, 0.1) is 7.11 Å². The summed E-state index contributed by atoms with van der Waals surface area (Å²) in [4.78, 5) is 4.55. The van der Waals surface area contributed by atoms with Gasteiger partial charge in [-0.3, -0.25) is 0 Å². The van der Waals surface area contributed by atoms with Gasteiger partial charge in [-0.05, 0) is 25.0 Å². The molecule has 3 nitrogen and oxygen atoms in total. The molecule has 0 N–H and O–H groups in total. The highest BCUT2D eigenvalue weighted by molar-refractivity contribution is 5.76. The third kappa shape index (κ3) is 2.28. The zero-order chi connectivity index (χ0) is 12.4. The molecule has 0 unspecified atom stereocenters. The lowest BCUT2D eigenvalue weighted by atomic mass is 10.1. The molecular weight excluding hydrogens is 214 g/mol. The van der Waals surface area contributed by atoms with Crippen molar-refractivity contribution in [1.82, 2.24) is 4.98 Å². The number of benzene rings is 1. The Morgan fingerprint density at radius 1 is 1.41 bits per heavy atom. The van der Waals surface area contributed by atoms with Crippen LogP contribution >= 0.6 is 0 Å². The summed E-state index contributed by atoms with van der Waals surface area (Å²) in [5.41, 5.74) is 2.81. The Morgan fingerprint density at radius 3 is 2.82 bits per heavy atom. The second-order valence-electron chi connectivity index (χ2n) is 4.53. The lowest BCUT2D eigenvalue weighted by molar-refractivity contribution is 0.410. The molecule has 0 saturated carbocycles. The average molecular weight is 233 g/mol. The summed E-state index contributed by atoms with van der Waals surface area (Å²) >= 11 is 0. The molecule has 0 fully saturated rings. The summed E-state index contributed by atoms with van der Waals surface area (Å²) in [6, 6.07) is 3.93. The van der Waals surface area contributed by atoms with E-state index in [1.165, 1.54) is 0 Å². The number of rotatable bonds is 4. The van der Waals surface area contributed by atoms with Gasteiger partial charge in [0, 0.05) is 12.0 Å². The van der Waals surface area contributed by atoms with Crippen molar-refractivity contribution in [3.8, 4) is 5.75 Å². The van der Waals surface area contributed by atoms with Gasteiger partial charge in [0.25, 0.3) is 0 Å². The van der Waals surface area contributed by atoms with Crippen LogP contribution in [0.1, 0.15) is 44.1 Å². The second-order valence-corrected chi connectivity index (χ2v) is 4.53. The first-order valence-electron chi connectivity index (χ1n) is 6.10. The fraction of sp³-hybridized carbons (Fsp3) is 0.500. The van der Waals surface area contributed by atoms with Crippen LogP contribution in [0.3, 0.4) is 0 Å². The van der Waals surface area contributed by atoms with Gasteiger partial charge in [0.2, 0.25) is 0 Å². The first-order valence-corrected chi connectivity index (χ1v) is 6.10. The van der Waals surface area contributed by atoms with Crippen LogP contribution in [0.15, 0.2) is 16.5 Å². The molecule has 0 aliphatic carbocycles. The molecule has 1 heterocycles. The van der Waals surface area contributed by atoms with E-state index in [0.717, 1.165) is 41.1 Å². The number of aryl methyl sites for hydroxylation is 1. The van der Waals surface area contributed by atoms with Gasteiger partial charge in [0.1, 0.15) is 11.3 Å². The molecule has 1 atom stereocenters. The molecule has 1 aromatic carbocycles. The quantitative estimate of drug-likeness (QED) is 0.799. The number of ether oxygens (including phenoxy) is 1. The van der Waals surface area contributed by atoms with E-state index in [9.17, 15) is 0 Å². The molecule has 17 heavy (non-hydrogen) atoms. The third-order valence-electron chi connectivity index (χ3n) is 3.06. The van der Waals surface area contributed by atoms with Crippen LogP contribution in [-0.2, 0) is 0 Å². The summed E-state index contributed by atoms with van der Waals surface area (Å²) in [5.74, 6) is 2.05. The van der Waals surface area contributed by atoms with Crippen molar-refractivity contribution in [2.24, 2.45) is 0 Å². The largest absolute Gasteiger partial charge is 0.496 e. The number of aromatic nitrogens is 1. The van der Waals surface area contributed by atoms with Crippen molar-refractivity contribution in [2.75, 3.05) is 7.11 Å². The molecular formula is C14H19NO2. The maximum absolute atomic E-state index is 5.79. The summed E-state index contributed by atoms with van der Waals surface area (Å²) in [6.07, 6.45) is 2.24. The van der Waals surface area contributed by atoms with Gasteiger partial charge < -0.3 is 9.15 Å². The Kier molecular flexibility index (Phi) is 3.36. The molecule has 0 aliphatic heterocycles. The number of hydrogen-bond donors (Lipinski definition) is 0. The van der Waals surface area contributed by atoms with Crippen LogP contribution in [-0.4, -0.2) is 12.1 Å². The molecule has 0 radical (unpaired) electrons. The predicted molar refractivity (Wildman–Crippen MR) is 68.6 cm³/mol. The zero-order valence-electron chi connectivity index (χ0n) is 10.9. The minimum atomic E-state index is 0.374. The van der Waals surface area contributed by atoms with Crippen molar-refractivity contribution in [2.45, 2.75) is 39.5 Å². The van der Waals surface area contributed by atoms with Gasteiger partial charge in [-0.25, -0.2) is 4.98 Å². The number of methoxy groups -OCH3 is 1. The first-order chi connectivity index (χ1) is 8.15. The Bertz CT molecular complexity index is 516. The van der Waals surface area contributed by atoms with Crippen LogP contribution < -0.4 is 4.74 Å². The predicted octanol–water partition coefficient (Wildman–Crippen LogP) is 4.05. The zero-order valence-corrected chi connectivity index (χ0v) is 10.9.